The lowest BCUT2D eigenvalue weighted by molar-refractivity contribution is 0.383. The maximum absolute atomic E-state index is 11.8. The Hall–Kier alpha value is 0.390. The van der Waals surface area contributed by atoms with E-state index < -0.39 is 10.0 Å². The SMILES string of the molecule is CC(CBr)CNS(=O)(=O)CC1CCCCC1. The van der Waals surface area contributed by atoms with Crippen LogP contribution in [0.2, 0.25) is 0 Å². The van der Waals surface area contributed by atoms with Crippen LogP contribution in [0.5, 0.6) is 0 Å². The number of hydrogen-bond acceptors (Lipinski definition) is 2. The van der Waals surface area contributed by atoms with Gasteiger partial charge in [0.25, 0.3) is 0 Å². The predicted octanol–water partition coefficient (Wildman–Crippen LogP) is 2.52. The molecule has 96 valence electrons. The number of alkyl halides is 1. The highest BCUT2D eigenvalue weighted by atomic mass is 79.9. The molecule has 0 aliphatic heterocycles. The minimum atomic E-state index is -3.06. The summed E-state index contributed by atoms with van der Waals surface area (Å²) in [6.07, 6.45) is 5.81. The van der Waals surface area contributed by atoms with Gasteiger partial charge in [-0.3, -0.25) is 0 Å². The van der Waals surface area contributed by atoms with Crippen molar-refractivity contribution in [3.8, 4) is 0 Å². The van der Waals surface area contributed by atoms with Gasteiger partial charge in [0, 0.05) is 11.9 Å². The summed E-state index contributed by atoms with van der Waals surface area (Å²) in [5.41, 5.74) is 0. The zero-order valence-electron chi connectivity index (χ0n) is 9.91. The van der Waals surface area contributed by atoms with E-state index in [2.05, 4.69) is 20.7 Å². The van der Waals surface area contributed by atoms with E-state index in [0.29, 0.717) is 24.1 Å². The topological polar surface area (TPSA) is 46.2 Å². The predicted molar refractivity (Wildman–Crippen MR) is 71.3 cm³/mol. The average Bonchev–Trinajstić information content (AvgIpc) is 2.27. The Kier molecular flexibility index (Phi) is 6.29. The van der Waals surface area contributed by atoms with E-state index in [1.807, 2.05) is 6.92 Å². The Balaban J connectivity index is 2.32. The highest BCUT2D eigenvalue weighted by molar-refractivity contribution is 9.09. The average molecular weight is 312 g/mol. The van der Waals surface area contributed by atoms with Crippen LogP contribution in [0.15, 0.2) is 0 Å². The molecule has 0 radical (unpaired) electrons. The van der Waals surface area contributed by atoms with Crippen molar-refractivity contribution in [2.45, 2.75) is 39.0 Å². The summed E-state index contributed by atoms with van der Waals surface area (Å²) in [6.45, 7) is 2.57. The molecule has 0 aromatic carbocycles. The van der Waals surface area contributed by atoms with Crippen molar-refractivity contribution in [1.29, 1.82) is 0 Å². The van der Waals surface area contributed by atoms with Gasteiger partial charge in [0.2, 0.25) is 10.0 Å². The molecule has 1 atom stereocenters. The molecule has 0 amide bonds. The summed E-state index contributed by atoms with van der Waals surface area (Å²) < 4.78 is 26.3. The largest absolute Gasteiger partial charge is 0.215 e. The minimum absolute atomic E-state index is 0.321. The van der Waals surface area contributed by atoms with Crippen LogP contribution in [-0.4, -0.2) is 26.0 Å². The lowest BCUT2D eigenvalue weighted by atomic mass is 9.91. The second-order valence-corrected chi connectivity index (χ2v) is 7.39. The molecule has 16 heavy (non-hydrogen) atoms. The van der Waals surface area contributed by atoms with Gasteiger partial charge in [0.05, 0.1) is 5.75 Å². The fraction of sp³-hybridized carbons (Fsp3) is 1.00. The summed E-state index contributed by atoms with van der Waals surface area (Å²) in [5, 5.41) is 0.832. The van der Waals surface area contributed by atoms with Crippen LogP contribution in [0, 0.1) is 11.8 Å². The number of sulfonamides is 1. The first-order valence-corrected chi connectivity index (χ1v) is 8.84. The highest BCUT2D eigenvalue weighted by Crippen LogP contribution is 2.24. The summed E-state index contributed by atoms with van der Waals surface area (Å²) in [5.74, 6) is 1.05. The molecule has 1 saturated carbocycles. The highest BCUT2D eigenvalue weighted by Gasteiger charge is 2.21. The van der Waals surface area contributed by atoms with Crippen molar-refractivity contribution in [2.75, 3.05) is 17.6 Å². The molecule has 1 unspecified atom stereocenters. The first-order valence-electron chi connectivity index (χ1n) is 6.07. The molecule has 1 aliphatic carbocycles. The number of rotatable bonds is 6. The standard InChI is InChI=1S/C11H22BrNO2S/c1-10(7-12)8-13-16(14,15)9-11-5-3-2-4-6-11/h10-11,13H,2-9H2,1H3. The zero-order chi connectivity index (χ0) is 12.0. The van der Waals surface area contributed by atoms with Crippen molar-refractivity contribution in [3.05, 3.63) is 0 Å². The van der Waals surface area contributed by atoms with E-state index in [4.69, 9.17) is 0 Å². The minimum Gasteiger partial charge on any atom is -0.215 e. The Bertz CT molecular complexity index is 286. The van der Waals surface area contributed by atoms with Gasteiger partial charge in [-0.25, -0.2) is 13.1 Å². The Morgan fingerprint density at radius 3 is 2.50 bits per heavy atom. The van der Waals surface area contributed by atoms with Crippen molar-refractivity contribution in [2.24, 2.45) is 11.8 Å². The van der Waals surface area contributed by atoms with Crippen LogP contribution in [0.25, 0.3) is 0 Å². The molecule has 1 N–H and O–H groups in total. The van der Waals surface area contributed by atoms with Gasteiger partial charge in [-0.2, -0.15) is 0 Å². The van der Waals surface area contributed by atoms with E-state index in [-0.39, 0.29) is 0 Å². The lowest BCUT2D eigenvalue weighted by Gasteiger charge is -2.21. The maximum atomic E-state index is 11.8. The Morgan fingerprint density at radius 1 is 1.31 bits per heavy atom. The van der Waals surface area contributed by atoms with E-state index in [1.165, 1.54) is 19.3 Å². The van der Waals surface area contributed by atoms with Crippen molar-refractivity contribution in [1.82, 2.24) is 4.72 Å². The molecule has 0 aromatic rings. The van der Waals surface area contributed by atoms with Crippen LogP contribution in [0.1, 0.15) is 39.0 Å². The van der Waals surface area contributed by atoms with Crippen LogP contribution < -0.4 is 4.72 Å². The third kappa shape index (κ3) is 5.64. The van der Waals surface area contributed by atoms with Gasteiger partial charge in [-0.1, -0.05) is 42.1 Å². The zero-order valence-corrected chi connectivity index (χ0v) is 12.3. The fourth-order valence-corrected chi connectivity index (χ4v) is 3.89. The summed E-state index contributed by atoms with van der Waals surface area (Å²) in [7, 11) is -3.06. The number of hydrogen-bond donors (Lipinski definition) is 1. The molecule has 1 rings (SSSR count). The van der Waals surface area contributed by atoms with Crippen LogP contribution in [0.3, 0.4) is 0 Å². The second-order valence-electron chi connectivity index (χ2n) is 4.89. The fourth-order valence-electron chi connectivity index (χ4n) is 2.05. The summed E-state index contributed by atoms with van der Waals surface area (Å²) >= 11 is 3.35. The molecular formula is C11H22BrNO2S. The van der Waals surface area contributed by atoms with Crippen molar-refractivity contribution in [3.63, 3.8) is 0 Å². The molecule has 0 saturated heterocycles. The molecule has 1 aliphatic rings. The molecule has 5 heteroatoms. The maximum Gasteiger partial charge on any atom is 0.211 e. The van der Waals surface area contributed by atoms with Crippen LogP contribution in [-0.2, 0) is 10.0 Å². The van der Waals surface area contributed by atoms with Crippen LogP contribution >= 0.6 is 15.9 Å². The van der Waals surface area contributed by atoms with Gasteiger partial charge >= 0.3 is 0 Å². The van der Waals surface area contributed by atoms with Crippen LogP contribution in [0.4, 0.5) is 0 Å². The Morgan fingerprint density at radius 2 is 1.94 bits per heavy atom. The summed E-state index contributed by atoms with van der Waals surface area (Å²) in [6, 6.07) is 0. The smallest absolute Gasteiger partial charge is 0.211 e. The third-order valence-electron chi connectivity index (χ3n) is 3.09. The molecule has 0 bridgehead atoms. The molecular weight excluding hydrogens is 290 g/mol. The first-order chi connectivity index (χ1) is 7.53. The second kappa shape index (κ2) is 6.97. The van der Waals surface area contributed by atoms with E-state index >= 15 is 0 Å². The van der Waals surface area contributed by atoms with Gasteiger partial charge in [0.15, 0.2) is 0 Å². The van der Waals surface area contributed by atoms with Crippen molar-refractivity contribution >= 4 is 26.0 Å². The van der Waals surface area contributed by atoms with E-state index in [1.54, 1.807) is 0 Å². The molecule has 3 nitrogen and oxygen atoms in total. The summed E-state index contributed by atoms with van der Waals surface area (Å²) in [4.78, 5) is 0. The first kappa shape index (κ1) is 14.5. The van der Waals surface area contributed by atoms with Gasteiger partial charge in [-0.05, 0) is 24.7 Å². The third-order valence-corrected chi connectivity index (χ3v) is 5.72. The molecule has 1 fully saturated rings. The normalized spacial score (nSPS) is 20.9. The van der Waals surface area contributed by atoms with Gasteiger partial charge < -0.3 is 0 Å². The quantitative estimate of drug-likeness (QED) is 0.766. The molecule has 0 aromatic heterocycles. The van der Waals surface area contributed by atoms with Gasteiger partial charge in [-0.15, -0.1) is 0 Å². The molecule has 0 spiro atoms. The number of halogens is 1. The van der Waals surface area contributed by atoms with E-state index in [0.717, 1.165) is 18.2 Å². The van der Waals surface area contributed by atoms with Gasteiger partial charge in [0.1, 0.15) is 0 Å². The van der Waals surface area contributed by atoms with E-state index in [9.17, 15) is 8.42 Å². The number of nitrogens with one attached hydrogen (secondary N) is 1. The van der Waals surface area contributed by atoms with Crippen molar-refractivity contribution < 1.29 is 8.42 Å². The lowest BCUT2D eigenvalue weighted by Crippen LogP contribution is -2.33. The Labute approximate surface area is 108 Å². The molecule has 0 heterocycles. The monoisotopic (exact) mass is 311 g/mol.